The summed E-state index contributed by atoms with van der Waals surface area (Å²) in [7, 11) is 1.44. The van der Waals surface area contributed by atoms with E-state index in [4.69, 9.17) is 4.74 Å². The van der Waals surface area contributed by atoms with E-state index in [1.165, 1.54) is 19.2 Å². The highest BCUT2D eigenvalue weighted by Crippen LogP contribution is 2.18. The number of nitrogens with one attached hydrogen (secondary N) is 1. The van der Waals surface area contributed by atoms with Crippen LogP contribution >= 0.6 is 0 Å². The molecule has 0 radical (unpaired) electrons. The van der Waals surface area contributed by atoms with Crippen molar-refractivity contribution < 1.29 is 13.9 Å². The SMILES string of the molecule is COc1ccc(C(=O)Nc2ccc(-n3cccn3)cc2)c(F)c1. The van der Waals surface area contributed by atoms with Gasteiger partial charge < -0.3 is 10.1 Å². The third kappa shape index (κ3) is 3.21. The first-order valence-corrected chi connectivity index (χ1v) is 6.92. The second-order valence-corrected chi connectivity index (χ2v) is 4.80. The van der Waals surface area contributed by atoms with Gasteiger partial charge >= 0.3 is 0 Å². The Morgan fingerprint density at radius 1 is 1.22 bits per heavy atom. The van der Waals surface area contributed by atoms with Crippen molar-refractivity contribution in [2.24, 2.45) is 0 Å². The molecular weight excluding hydrogens is 297 g/mol. The molecule has 0 bridgehead atoms. The van der Waals surface area contributed by atoms with Gasteiger partial charge in [-0.3, -0.25) is 4.79 Å². The van der Waals surface area contributed by atoms with Crippen LogP contribution in [-0.2, 0) is 0 Å². The van der Waals surface area contributed by atoms with E-state index < -0.39 is 11.7 Å². The number of carbonyl (C=O) groups is 1. The van der Waals surface area contributed by atoms with Crippen LogP contribution in [-0.4, -0.2) is 22.8 Å². The molecule has 0 fully saturated rings. The number of hydrogen-bond donors (Lipinski definition) is 1. The van der Waals surface area contributed by atoms with Crippen LogP contribution in [0.4, 0.5) is 10.1 Å². The first-order chi connectivity index (χ1) is 11.2. The van der Waals surface area contributed by atoms with Gasteiger partial charge in [-0.1, -0.05) is 0 Å². The largest absolute Gasteiger partial charge is 0.497 e. The van der Waals surface area contributed by atoms with Crippen LogP contribution in [0.15, 0.2) is 60.9 Å². The summed E-state index contributed by atoms with van der Waals surface area (Å²) in [5.41, 5.74) is 1.40. The molecule has 0 spiro atoms. The lowest BCUT2D eigenvalue weighted by Crippen LogP contribution is -2.13. The highest BCUT2D eigenvalue weighted by Gasteiger charge is 2.12. The van der Waals surface area contributed by atoms with Crippen LogP contribution in [0.5, 0.6) is 5.75 Å². The van der Waals surface area contributed by atoms with Crippen LogP contribution in [0.25, 0.3) is 5.69 Å². The number of nitrogens with zero attached hydrogens (tertiary/aromatic N) is 2. The van der Waals surface area contributed by atoms with E-state index in [1.54, 1.807) is 29.1 Å². The third-order valence-corrected chi connectivity index (χ3v) is 3.31. The Morgan fingerprint density at radius 2 is 2.00 bits per heavy atom. The summed E-state index contributed by atoms with van der Waals surface area (Å²) in [4.78, 5) is 12.1. The lowest BCUT2D eigenvalue weighted by molar-refractivity contribution is 0.102. The standard InChI is InChI=1S/C17H14FN3O2/c1-23-14-7-8-15(16(18)11-14)17(22)20-12-3-5-13(6-4-12)21-10-2-9-19-21/h2-11H,1H3,(H,20,22). The van der Waals surface area contributed by atoms with Crippen LogP contribution in [0.2, 0.25) is 0 Å². The number of anilines is 1. The van der Waals surface area contributed by atoms with Crippen molar-refractivity contribution in [1.82, 2.24) is 9.78 Å². The van der Waals surface area contributed by atoms with E-state index in [1.807, 2.05) is 24.4 Å². The number of halogens is 1. The van der Waals surface area contributed by atoms with Gasteiger partial charge in [0.1, 0.15) is 11.6 Å². The van der Waals surface area contributed by atoms with Gasteiger partial charge in [-0.25, -0.2) is 9.07 Å². The number of aromatic nitrogens is 2. The van der Waals surface area contributed by atoms with E-state index >= 15 is 0 Å². The predicted octanol–water partition coefficient (Wildman–Crippen LogP) is 3.27. The van der Waals surface area contributed by atoms with Crippen LogP contribution in [0.3, 0.4) is 0 Å². The second-order valence-electron chi connectivity index (χ2n) is 4.80. The maximum atomic E-state index is 13.9. The first kappa shape index (κ1) is 14.8. The molecule has 23 heavy (non-hydrogen) atoms. The molecule has 3 rings (SSSR count). The summed E-state index contributed by atoms with van der Waals surface area (Å²) < 4.78 is 20.5. The molecule has 1 amide bonds. The summed E-state index contributed by atoms with van der Waals surface area (Å²) in [5.74, 6) is -0.783. The summed E-state index contributed by atoms with van der Waals surface area (Å²) >= 11 is 0. The molecule has 5 nitrogen and oxygen atoms in total. The van der Waals surface area contributed by atoms with E-state index in [9.17, 15) is 9.18 Å². The van der Waals surface area contributed by atoms with E-state index in [2.05, 4.69) is 10.4 Å². The fourth-order valence-electron chi connectivity index (χ4n) is 2.12. The maximum Gasteiger partial charge on any atom is 0.258 e. The Balaban J connectivity index is 1.75. The summed E-state index contributed by atoms with van der Waals surface area (Å²) in [6.07, 6.45) is 3.50. The molecule has 1 aromatic heterocycles. The highest BCUT2D eigenvalue weighted by atomic mass is 19.1. The molecule has 1 heterocycles. The average Bonchev–Trinajstić information content (AvgIpc) is 3.09. The molecule has 0 aliphatic rings. The van der Waals surface area contributed by atoms with Crippen molar-refractivity contribution in [2.75, 3.05) is 12.4 Å². The van der Waals surface area contributed by atoms with Crippen LogP contribution in [0, 0.1) is 5.82 Å². The van der Waals surface area contributed by atoms with Gasteiger partial charge in [-0.05, 0) is 42.5 Å². The minimum Gasteiger partial charge on any atom is -0.497 e. The van der Waals surface area contributed by atoms with Gasteiger partial charge in [0.05, 0.1) is 18.4 Å². The van der Waals surface area contributed by atoms with Gasteiger partial charge in [0.15, 0.2) is 0 Å². The lowest BCUT2D eigenvalue weighted by Gasteiger charge is -2.08. The molecule has 0 aliphatic carbocycles. The Hall–Kier alpha value is -3.15. The average molecular weight is 311 g/mol. The highest BCUT2D eigenvalue weighted by molar-refractivity contribution is 6.04. The zero-order chi connectivity index (χ0) is 16.2. The third-order valence-electron chi connectivity index (χ3n) is 3.31. The van der Waals surface area contributed by atoms with E-state index in [0.29, 0.717) is 11.4 Å². The lowest BCUT2D eigenvalue weighted by atomic mass is 10.2. The topological polar surface area (TPSA) is 56.1 Å². The molecule has 2 aromatic carbocycles. The van der Waals surface area contributed by atoms with Gasteiger partial charge in [0.25, 0.3) is 5.91 Å². The monoisotopic (exact) mass is 311 g/mol. The molecule has 0 aliphatic heterocycles. The van der Waals surface area contributed by atoms with Gasteiger partial charge in [0, 0.05) is 24.1 Å². The summed E-state index contributed by atoms with van der Waals surface area (Å²) in [5, 5.41) is 6.78. The Kier molecular flexibility index (Phi) is 4.05. The molecule has 0 saturated heterocycles. The fourth-order valence-corrected chi connectivity index (χ4v) is 2.12. The van der Waals surface area contributed by atoms with Crippen molar-refractivity contribution >= 4 is 11.6 Å². The Morgan fingerprint density at radius 3 is 2.61 bits per heavy atom. The molecule has 0 saturated carbocycles. The van der Waals surface area contributed by atoms with Crippen molar-refractivity contribution in [3.05, 3.63) is 72.3 Å². The molecule has 0 atom stereocenters. The molecule has 0 unspecified atom stereocenters. The number of amides is 1. The summed E-state index contributed by atoms with van der Waals surface area (Å²) in [6.45, 7) is 0. The van der Waals surface area contributed by atoms with E-state index in [-0.39, 0.29) is 5.56 Å². The van der Waals surface area contributed by atoms with Gasteiger partial charge in [0.2, 0.25) is 0 Å². The Bertz CT molecular complexity index is 814. The number of benzene rings is 2. The smallest absolute Gasteiger partial charge is 0.258 e. The molecular formula is C17H14FN3O2. The second kappa shape index (κ2) is 6.31. The van der Waals surface area contributed by atoms with Crippen molar-refractivity contribution in [1.29, 1.82) is 0 Å². The van der Waals surface area contributed by atoms with Crippen molar-refractivity contribution in [3.8, 4) is 11.4 Å². The summed E-state index contributed by atoms with van der Waals surface area (Å²) in [6, 6.07) is 13.0. The number of hydrogen-bond acceptors (Lipinski definition) is 3. The predicted molar refractivity (Wildman–Crippen MR) is 84.5 cm³/mol. The minimum atomic E-state index is -0.630. The number of carbonyl (C=O) groups excluding carboxylic acids is 1. The molecule has 3 aromatic rings. The van der Waals surface area contributed by atoms with Gasteiger partial charge in [-0.15, -0.1) is 0 Å². The minimum absolute atomic E-state index is 0.0399. The maximum absolute atomic E-state index is 13.9. The van der Waals surface area contributed by atoms with Crippen LogP contribution < -0.4 is 10.1 Å². The number of methoxy groups -OCH3 is 1. The normalized spacial score (nSPS) is 10.3. The number of rotatable bonds is 4. The number of ether oxygens (including phenoxy) is 1. The Labute approximate surface area is 132 Å². The zero-order valence-electron chi connectivity index (χ0n) is 12.4. The first-order valence-electron chi connectivity index (χ1n) is 6.92. The van der Waals surface area contributed by atoms with E-state index in [0.717, 1.165) is 5.69 Å². The van der Waals surface area contributed by atoms with Crippen LogP contribution in [0.1, 0.15) is 10.4 Å². The fraction of sp³-hybridized carbons (Fsp3) is 0.0588. The van der Waals surface area contributed by atoms with Crippen molar-refractivity contribution in [2.45, 2.75) is 0 Å². The quantitative estimate of drug-likeness (QED) is 0.804. The molecule has 116 valence electrons. The molecule has 6 heteroatoms. The van der Waals surface area contributed by atoms with Crippen molar-refractivity contribution in [3.63, 3.8) is 0 Å². The molecule has 1 N–H and O–H groups in total. The zero-order valence-corrected chi connectivity index (χ0v) is 12.4. The van der Waals surface area contributed by atoms with Gasteiger partial charge in [-0.2, -0.15) is 5.10 Å².